The molecule has 0 unspecified atom stereocenters. The summed E-state index contributed by atoms with van der Waals surface area (Å²) in [5, 5.41) is 13.8. The van der Waals surface area contributed by atoms with Crippen LogP contribution in [0.25, 0.3) is 0 Å². The molecule has 0 heterocycles. The summed E-state index contributed by atoms with van der Waals surface area (Å²) < 4.78 is 26.4. The standard InChI is InChI=1S/C17H16F2N2O3/c18-12-4-7-14(15(19)10-12)17(24)21-13-5-2-11(3-6-13)16(23)20-8-1-9-22/h2-7,10,22H,1,8-9H2,(H,20,23)(H,21,24). The molecular formula is C17H16F2N2O3. The number of aliphatic hydroxyl groups is 1. The van der Waals surface area contributed by atoms with Crippen LogP contribution >= 0.6 is 0 Å². The summed E-state index contributed by atoms with van der Waals surface area (Å²) in [4.78, 5) is 23.7. The van der Waals surface area contributed by atoms with Crippen molar-refractivity contribution in [3.63, 3.8) is 0 Å². The highest BCUT2D eigenvalue weighted by molar-refractivity contribution is 6.04. The van der Waals surface area contributed by atoms with Crippen molar-refractivity contribution in [2.75, 3.05) is 18.5 Å². The number of aliphatic hydroxyl groups excluding tert-OH is 1. The van der Waals surface area contributed by atoms with E-state index in [1.165, 1.54) is 24.3 Å². The third-order valence-corrected chi connectivity index (χ3v) is 3.20. The van der Waals surface area contributed by atoms with E-state index in [2.05, 4.69) is 10.6 Å². The first-order valence-corrected chi connectivity index (χ1v) is 7.27. The Kier molecular flexibility index (Phi) is 5.97. The second-order valence-electron chi connectivity index (χ2n) is 4.99. The Bertz CT molecular complexity index is 733. The predicted octanol–water partition coefficient (Wildman–Crippen LogP) is 2.33. The summed E-state index contributed by atoms with van der Waals surface area (Å²) in [7, 11) is 0. The fourth-order valence-electron chi connectivity index (χ4n) is 1.96. The van der Waals surface area contributed by atoms with Gasteiger partial charge in [0.05, 0.1) is 5.56 Å². The van der Waals surface area contributed by atoms with Crippen molar-refractivity contribution >= 4 is 17.5 Å². The van der Waals surface area contributed by atoms with Gasteiger partial charge in [-0.1, -0.05) is 0 Å². The molecule has 2 rings (SSSR count). The lowest BCUT2D eigenvalue weighted by atomic mass is 10.1. The summed E-state index contributed by atoms with van der Waals surface area (Å²) in [6, 6.07) is 8.70. The number of anilines is 1. The maximum absolute atomic E-state index is 13.5. The van der Waals surface area contributed by atoms with Crippen molar-refractivity contribution in [1.82, 2.24) is 5.32 Å². The Morgan fingerprint density at radius 3 is 2.33 bits per heavy atom. The summed E-state index contributed by atoms with van der Waals surface area (Å²) in [6.45, 7) is 0.350. The van der Waals surface area contributed by atoms with Crippen molar-refractivity contribution in [3.05, 3.63) is 65.2 Å². The van der Waals surface area contributed by atoms with Crippen LogP contribution in [0.1, 0.15) is 27.1 Å². The van der Waals surface area contributed by atoms with Crippen LogP contribution in [0.5, 0.6) is 0 Å². The minimum absolute atomic E-state index is 0.00874. The molecule has 24 heavy (non-hydrogen) atoms. The molecule has 0 radical (unpaired) electrons. The monoisotopic (exact) mass is 334 g/mol. The molecule has 2 amide bonds. The minimum atomic E-state index is -0.951. The first kappa shape index (κ1) is 17.6. The van der Waals surface area contributed by atoms with Crippen LogP contribution in [-0.2, 0) is 0 Å². The van der Waals surface area contributed by atoms with Crippen LogP contribution in [0.3, 0.4) is 0 Å². The van der Waals surface area contributed by atoms with Gasteiger partial charge in [-0.05, 0) is 42.8 Å². The first-order chi connectivity index (χ1) is 11.5. The molecule has 3 N–H and O–H groups in total. The molecule has 0 fully saturated rings. The van der Waals surface area contributed by atoms with E-state index in [-0.39, 0.29) is 18.1 Å². The van der Waals surface area contributed by atoms with Gasteiger partial charge in [0.2, 0.25) is 0 Å². The van der Waals surface area contributed by atoms with Crippen LogP contribution in [0, 0.1) is 11.6 Å². The van der Waals surface area contributed by atoms with E-state index in [0.717, 1.165) is 12.1 Å². The Balaban J connectivity index is 2.00. The Morgan fingerprint density at radius 1 is 1.00 bits per heavy atom. The number of amides is 2. The van der Waals surface area contributed by atoms with Crippen LogP contribution in [-0.4, -0.2) is 30.1 Å². The third kappa shape index (κ3) is 4.60. The van der Waals surface area contributed by atoms with Crippen molar-refractivity contribution < 1.29 is 23.5 Å². The fraction of sp³-hybridized carbons (Fsp3) is 0.176. The number of hydrogen-bond acceptors (Lipinski definition) is 3. The quantitative estimate of drug-likeness (QED) is 0.710. The van der Waals surface area contributed by atoms with Gasteiger partial charge in [0.1, 0.15) is 11.6 Å². The summed E-state index contributed by atoms with van der Waals surface area (Å²) in [5.41, 5.74) is 0.483. The van der Waals surface area contributed by atoms with E-state index in [4.69, 9.17) is 5.11 Å². The van der Waals surface area contributed by atoms with Crippen molar-refractivity contribution in [3.8, 4) is 0 Å². The van der Waals surface area contributed by atoms with E-state index in [1.54, 1.807) is 0 Å². The largest absolute Gasteiger partial charge is 0.396 e. The maximum Gasteiger partial charge on any atom is 0.258 e. The Labute approximate surface area is 137 Å². The van der Waals surface area contributed by atoms with Crippen LogP contribution in [0.4, 0.5) is 14.5 Å². The molecule has 0 atom stereocenters. The van der Waals surface area contributed by atoms with E-state index < -0.39 is 17.5 Å². The summed E-state index contributed by atoms with van der Waals surface area (Å²) in [5.74, 6) is -2.73. The Hall–Kier alpha value is -2.80. The van der Waals surface area contributed by atoms with Crippen molar-refractivity contribution in [2.45, 2.75) is 6.42 Å². The highest BCUT2D eigenvalue weighted by Gasteiger charge is 2.13. The van der Waals surface area contributed by atoms with Gasteiger partial charge in [-0.25, -0.2) is 8.78 Å². The first-order valence-electron chi connectivity index (χ1n) is 7.27. The van der Waals surface area contributed by atoms with Gasteiger partial charge in [-0.2, -0.15) is 0 Å². The molecule has 0 aliphatic heterocycles. The number of nitrogens with one attached hydrogen (secondary N) is 2. The lowest BCUT2D eigenvalue weighted by molar-refractivity contribution is 0.0950. The number of carbonyl (C=O) groups is 2. The number of rotatable bonds is 6. The van der Waals surface area contributed by atoms with Gasteiger partial charge in [0, 0.05) is 30.5 Å². The zero-order valence-electron chi connectivity index (χ0n) is 12.7. The zero-order chi connectivity index (χ0) is 17.5. The van der Waals surface area contributed by atoms with Gasteiger partial charge >= 0.3 is 0 Å². The molecule has 0 spiro atoms. The molecule has 0 aliphatic carbocycles. The topological polar surface area (TPSA) is 78.4 Å². The number of carbonyl (C=O) groups excluding carboxylic acids is 2. The van der Waals surface area contributed by atoms with Gasteiger partial charge < -0.3 is 15.7 Å². The lowest BCUT2D eigenvalue weighted by Crippen LogP contribution is -2.25. The van der Waals surface area contributed by atoms with Gasteiger partial charge in [-0.3, -0.25) is 9.59 Å². The molecule has 0 aromatic heterocycles. The average Bonchev–Trinajstić information content (AvgIpc) is 2.55. The normalized spacial score (nSPS) is 10.3. The average molecular weight is 334 g/mol. The number of halogens is 2. The van der Waals surface area contributed by atoms with E-state index >= 15 is 0 Å². The third-order valence-electron chi connectivity index (χ3n) is 3.20. The fourth-order valence-corrected chi connectivity index (χ4v) is 1.96. The zero-order valence-corrected chi connectivity index (χ0v) is 12.7. The molecule has 0 saturated heterocycles. The summed E-state index contributed by atoms with van der Waals surface area (Å²) in [6.07, 6.45) is 0.461. The summed E-state index contributed by atoms with van der Waals surface area (Å²) >= 11 is 0. The lowest BCUT2D eigenvalue weighted by Gasteiger charge is -2.08. The minimum Gasteiger partial charge on any atom is -0.396 e. The van der Waals surface area contributed by atoms with Gasteiger partial charge in [-0.15, -0.1) is 0 Å². The predicted molar refractivity (Wildman–Crippen MR) is 84.8 cm³/mol. The molecule has 0 saturated carbocycles. The highest BCUT2D eigenvalue weighted by Crippen LogP contribution is 2.14. The Morgan fingerprint density at radius 2 is 1.71 bits per heavy atom. The van der Waals surface area contributed by atoms with E-state index in [1.807, 2.05) is 0 Å². The van der Waals surface area contributed by atoms with E-state index in [9.17, 15) is 18.4 Å². The smallest absolute Gasteiger partial charge is 0.258 e. The molecule has 7 heteroatoms. The van der Waals surface area contributed by atoms with Crippen molar-refractivity contribution in [1.29, 1.82) is 0 Å². The van der Waals surface area contributed by atoms with Crippen molar-refractivity contribution in [2.24, 2.45) is 0 Å². The SMILES string of the molecule is O=C(NCCCO)c1ccc(NC(=O)c2ccc(F)cc2F)cc1. The molecule has 2 aromatic carbocycles. The second kappa shape index (κ2) is 8.16. The molecule has 0 bridgehead atoms. The highest BCUT2D eigenvalue weighted by atomic mass is 19.1. The van der Waals surface area contributed by atoms with Gasteiger partial charge in [0.25, 0.3) is 11.8 Å². The molecular weight excluding hydrogens is 318 g/mol. The number of benzene rings is 2. The van der Waals surface area contributed by atoms with Crippen LogP contribution in [0.15, 0.2) is 42.5 Å². The molecule has 126 valence electrons. The number of hydrogen-bond donors (Lipinski definition) is 3. The second-order valence-corrected chi connectivity index (χ2v) is 4.99. The molecule has 2 aromatic rings. The van der Waals surface area contributed by atoms with Crippen LogP contribution < -0.4 is 10.6 Å². The molecule has 0 aliphatic rings. The van der Waals surface area contributed by atoms with Crippen LogP contribution in [0.2, 0.25) is 0 Å². The van der Waals surface area contributed by atoms with E-state index in [0.29, 0.717) is 30.3 Å². The van der Waals surface area contributed by atoms with Gasteiger partial charge in [0.15, 0.2) is 0 Å². The molecule has 5 nitrogen and oxygen atoms in total. The maximum atomic E-state index is 13.5.